The fourth-order valence-electron chi connectivity index (χ4n) is 3.03. The quantitative estimate of drug-likeness (QED) is 0.245. The van der Waals surface area contributed by atoms with Crippen molar-refractivity contribution < 1.29 is 28.3 Å². The van der Waals surface area contributed by atoms with Gasteiger partial charge >= 0.3 is 5.97 Å². The van der Waals surface area contributed by atoms with E-state index in [9.17, 15) is 9.59 Å². The van der Waals surface area contributed by atoms with Gasteiger partial charge in [-0.1, -0.05) is 22.9 Å². The topological polar surface area (TPSA) is 99.9 Å². The number of nitrogens with one attached hydrogen (secondary N) is 1. The summed E-state index contributed by atoms with van der Waals surface area (Å²) in [7, 11) is 1.48. The molecule has 34 heavy (non-hydrogen) atoms. The maximum absolute atomic E-state index is 12.4. The number of thioether (sulfide) groups is 1. The molecule has 9 heteroatoms. The second-order valence-corrected chi connectivity index (χ2v) is 8.71. The fourth-order valence-corrected chi connectivity index (χ4v) is 3.80. The van der Waals surface area contributed by atoms with Gasteiger partial charge in [-0.25, -0.2) is 4.79 Å². The summed E-state index contributed by atoms with van der Waals surface area (Å²) in [5.41, 5.74) is 3.07. The Hall–Kier alpha value is -3.46. The Balaban J connectivity index is 1.44. The lowest BCUT2D eigenvalue weighted by Crippen LogP contribution is -2.30. The summed E-state index contributed by atoms with van der Waals surface area (Å²) in [4.78, 5) is 25.5. The van der Waals surface area contributed by atoms with Crippen LogP contribution in [0.3, 0.4) is 0 Å². The summed E-state index contributed by atoms with van der Waals surface area (Å²) in [6, 6.07) is 12.9. The highest BCUT2D eigenvalue weighted by molar-refractivity contribution is 7.99. The van der Waals surface area contributed by atoms with Gasteiger partial charge in [-0.3, -0.25) is 4.79 Å². The molecule has 0 aliphatic heterocycles. The van der Waals surface area contributed by atoms with Crippen molar-refractivity contribution in [3.05, 3.63) is 70.6 Å². The Morgan fingerprint density at radius 2 is 1.82 bits per heavy atom. The van der Waals surface area contributed by atoms with Gasteiger partial charge in [0.05, 0.1) is 23.9 Å². The maximum atomic E-state index is 12.4. The Morgan fingerprint density at radius 3 is 2.50 bits per heavy atom. The Morgan fingerprint density at radius 1 is 1.06 bits per heavy atom. The van der Waals surface area contributed by atoms with E-state index in [4.69, 9.17) is 18.7 Å². The van der Waals surface area contributed by atoms with Gasteiger partial charge in [0.2, 0.25) is 0 Å². The van der Waals surface area contributed by atoms with Crippen molar-refractivity contribution >= 4 is 23.6 Å². The summed E-state index contributed by atoms with van der Waals surface area (Å²) in [5, 5.41) is 6.65. The van der Waals surface area contributed by atoms with Crippen LogP contribution in [0.25, 0.3) is 0 Å². The Bertz CT molecular complexity index is 1110. The van der Waals surface area contributed by atoms with Crippen LogP contribution in [-0.2, 0) is 16.1 Å². The largest absolute Gasteiger partial charge is 0.493 e. The van der Waals surface area contributed by atoms with Crippen LogP contribution in [0.4, 0.5) is 0 Å². The smallest absolute Gasteiger partial charge is 0.338 e. The summed E-state index contributed by atoms with van der Waals surface area (Å²) in [5.74, 6) is 1.25. The first-order chi connectivity index (χ1) is 16.4. The third-order valence-corrected chi connectivity index (χ3v) is 6.01. The highest BCUT2D eigenvalue weighted by Crippen LogP contribution is 2.29. The van der Waals surface area contributed by atoms with Crippen molar-refractivity contribution in [2.75, 3.05) is 26.0 Å². The molecule has 8 nitrogen and oxygen atoms in total. The van der Waals surface area contributed by atoms with E-state index in [1.54, 1.807) is 23.9 Å². The number of ether oxygens (including phenoxy) is 3. The first-order valence-corrected chi connectivity index (χ1v) is 11.7. The van der Waals surface area contributed by atoms with Gasteiger partial charge in [0.25, 0.3) is 5.91 Å². The molecule has 0 unspecified atom stereocenters. The van der Waals surface area contributed by atoms with E-state index < -0.39 is 5.97 Å². The van der Waals surface area contributed by atoms with Gasteiger partial charge in [-0.2, -0.15) is 0 Å². The number of carbonyl (C=O) groups excluding carboxylic acids is 2. The summed E-state index contributed by atoms with van der Waals surface area (Å²) >= 11 is 1.65. The van der Waals surface area contributed by atoms with Gasteiger partial charge in [-0.05, 0) is 51.1 Å². The van der Waals surface area contributed by atoms with Crippen molar-refractivity contribution in [2.24, 2.45) is 0 Å². The second kappa shape index (κ2) is 12.1. The van der Waals surface area contributed by atoms with Crippen molar-refractivity contribution in [3.8, 4) is 11.5 Å². The Kier molecular flexibility index (Phi) is 8.98. The average molecular weight is 485 g/mol. The van der Waals surface area contributed by atoms with Crippen LogP contribution in [-0.4, -0.2) is 43.0 Å². The SMILES string of the molecule is COc1cc(C(=O)OCC(=O)NCCSc2ccc(C)cc2)ccc1OCc1c(C)noc1C. The van der Waals surface area contributed by atoms with Crippen LogP contribution >= 0.6 is 11.8 Å². The van der Waals surface area contributed by atoms with Crippen molar-refractivity contribution in [1.82, 2.24) is 10.5 Å². The molecule has 0 radical (unpaired) electrons. The Labute approximate surface area is 202 Å². The molecular formula is C25H28N2O6S. The van der Waals surface area contributed by atoms with E-state index in [1.165, 1.54) is 18.7 Å². The molecule has 0 saturated carbocycles. The molecule has 0 atom stereocenters. The predicted molar refractivity (Wildman–Crippen MR) is 128 cm³/mol. The van der Waals surface area contributed by atoms with Crippen LogP contribution in [0.1, 0.15) is 32.9 Å². The third kappa shape index (κ3) is 7.02. The van der Waals surface area contributed by atoms with Crippen LogP contribution in [0.2, 0.25) is 0 Å². The lowest BCUT2D eigenvalue weighted by molar-refractivity contribution is -0.124. The number of aryl methyl sites for hydroxylation is 3. The average Bonchev–Trinajstić information content (AvgIpc) is 3.16. The molecule has 1 amide bonds. The zero-order valence-corrected chi connectivity index (χ0v) is 20.5. The maximum Gasteiger partial charge on any atom is 0.338 e. The molecule has 1 N–H and O–H groups in total. The van der Waals surface area contributed by atoms with Gasteiger partial charge < -0.3 is 24.1 Å². The van der Waals surface area contributed by atoms with E-state index in [2.05, 4.69) is 10.5 Å². The molecule has 1 heterocycles. The van der Waals surface area contributed by atoms with Crippen LogP contribution in [0.5, 0.6) is 11.5 Å². The van der Waals surface area contributed by atoms with Gasteiger partial charge in [-0.15, -0.1) is 11.8 Å². The van der Waals surface area contributed by atoms with E-state index in [0.29, 0.717) is 23.8 Å². The molecule has 0 aliphatic carbocycles. The molecule has 180 valence electrons. The fraction of sp³-hybridized carbons (Fsp3) is 0.320. The van der Waals surface area contributed by atoms with E-state index in [1.807, 2.05) is 45.0 Å². The molecular weight excluding hydrogens is 456 g/mol. The van der Waals surface area contributed by atoms with E-state index in [0.717, 1.165) is 21.9 Å². The number of benzene rings is 2. The van der Waals surface area contributed by atoms with Crippen molar-refractivity contribution in [2.45, 2.75) is 32.3 Å². The summed E-state index contributed by atoms with van der Waals surface area (Å²) < 4.78 is 21.4. The van der Waals surface area contributed by atoms with Crippen LogP contribution in [0.15, 0.2) is 51.9 Å². The zero-order chi connectivity index (χ0) is 24.5. The lowest BCUT2D eigenvalue weighted by atomic mass is 10.2. The number of rotatable bonds is 11. The first-order valence-electron chi connectivity index (χ1n) is 10.7. The molecule has 0 aliphatic rings. The highest BCUT2D eigenvalue weighted by Gasteiger charge is 2.16. The lowest BCUT2D eigenvalue weighted by Gasteiger charge is -2.12. The minimum atomic E-state index is -0.625. The molecule has 2 aromatic carbocycles. The first kappa shape index (κ1) is 25.2. The minimum Gasteiger partial charge on any atom is -0.493 e. The zero-order valence-electron chi connectivity index (χ0n) is 19.7. The van der Waals surface area contributed by atoms with E-state index in [-0.39, 0.29) is 24.7 Å². The predicted octanol–water partition coefficient (Wildman–Crippen LogP) is 4.25. The standard InChI is InChI=1S/C25H28N2O6S/c1-16-5-8-20(9-6-16)34-12-11-26-24(28)15-32-25(29)19-7-10-22(23(13-19)30-4)31-14-21-17(2)27-33-18(21)3/h5-10,13H,11-12,14-15H2,1-4H3,(H,26,28). The normalized spacial score (nSPS) is 10.6. The minimum absolute atomic E-state index is 0.254. The molecule has 3 aromatic rings. The number of carbonyl (C=O) groups is 2. The molecule has 0 bridgehead atoms. The third-order valence-electron chi connectivity index (χ3n) is 5.00. The number of nitrogens with zero attached hydrogens (tertiary/aromatic N) is 1. The second-order valence-electron chi connectivity index (χ2n) is 7.54. The van der Waals surface area contributed by atoms with E-state index >= 15 is 0 Å². The van der Waals surface area contributed by atoms with Gasteiger partial charge in [0, 0.05) is 17.2 Å². The number of hydrogen-bond acceptors (Lipinski definition) is 8. The number of esters is 1. The van der Waals surface area contributed by atoms with Crippen molar-refractivity contribution in [1.29, 1.82) is 0 Å². The van der Waals surface area contributed by atoms with Gasteiger partial charge in [0.1, 0.15) is 12.4 Å². The number of methoxy groups -OCH3 is 1. The van der Waals surface area contributed by atoms with Crippen LogP contribution in [0, 0.1) is 20.8 Å². The molecule has 3 rings (SSSR count). The van der Waals surface area contributed by atoms with Crippen LogP contribution < -0.4 is 14.8 Å². The molecule has 1 aromatic heterocycles. The summed E-state index contributed by atoms with van der Waals surface area (Å²) in [6.07, 6.45) is 0. The van der Waals surface area contributed by atoms with Gasteiger partial charge in [0.15, 0.2) is 18.1 Å². The molecule has 0 saturated heterocycles. The van der Waals surface area contributed by atoms with Crippen molar-refractivity contribution in [3.63, 3.8) is 0 Å². The number of aromatic nitrogens is 1. The monoisotopic (exact) mass is 484 g/mol. The summed E-state index contributed by atoms with van der Waals surface area (Å²) in [6.45, 7) is 6.05. The highest BCUT2D eigenvalue weighted by atomic mass is 32.2. The molecule has 0 spiro atoms. The molecule has 0 fully saturated rings. The number of amides is 1. The number of hydrogen-bond donors (Lipinski definition) is 1.